The smallest absolute Gasteiger partial charge is 0.204 e. The van der Waals surface area contributed by atoms with Gasteiger partial charge in [0.15, 0.2) is 28.8 Å². The summed E-state index contributed by atoms with van der Waals surface area (Å²) in [6.07, 6.45) is 129. The Morgan fingerprint density at radius 3 is 0.570 bits per heavy atom. The highest BCUT2D eigenvalue weighted by Crippen LogP contribution is 2.46. The van der Waals surface area contributed by atoms with Crippen molar-refractivity contribution in [2.24, 2.45) is 0 Å². The maximum absolute atomic E-state index is 14.1. The van der Waals surface area contributed by atoms with Crippen LogP contribution in [0.25, 0.3) is 0 Å². The third-order valence-corrected chi connectivity index (χ3v) is 30.4. The predicted octanol–water partition coefficient (Wildman–Crippen LogP) is 45.5. The van der Waals surface area contributed by atoms with Crippen LogP contribution in [0.15, 0.2) is 84.9 Å². The van der Waals surface area contributed by atoms with Crippen molar-refractivity contribution in [3.63, 3.8) is 0 Å². The van der Waals surface area contributed by atoms with E-state index in [1.165, 1.54) is 565 Å². The average Bonchev–Trinajstić information content (AvgIpc) is 0.799. The predicted molar refractivity (Wildman–Crippen MR) is 624 cm³/mol. The Bertz CT molecular complexity index is 3180. The van der Waals surface area contributed by atoms with Crippen LogP contribution in [0.4, 0.5) is 0 Å². The second kappa shape index (κ2) is 106. The standard InChI is InChI=1S/C67H120O4.C67H118O4/c2*1-4-7-10-13-16-19-22-25-28-31-34-37-40-43-46-52-59-69-64-58-57-63(65(68)62-55-50-49-51-56-62)66(70-60-53-47-44-41-38-35-32-29-26-23-20-17-14-11-8-5-2)67(64)71-61-54-48-45-42-39-36-33-30-27-24-21-18-15-12-9-6-3/h49-51,55-58,65,68H,4-48,52-54,59-61H2,1-3H3;49-51,55-58H,4-48,52-54,59-61H2,1-3H3. The Morgan fingerprint density at radius 1 is 0.183 bits per heavy atom. The summed E-state index contributed by atoms with van der Waals surface area (Å²) >= 11 is 0. The van der Waals surface area contributed by atoms with Crippen LogP contribution in [-0.2, 0) is 0 Å². The Morgan fingerprint density at radius 2 is 0.352 bits per heavy atom. The van der Waals surface area contributed by atoms with Crippen molar-refractivity contribution in [2.75, 3.05) is 39.6 Å². The van der Waals surface area contributed by atoms with Crippen molar-refractivity contribution in [3.8, 4) is 34.5 Å². The second-order valence-electron chi connectivity index (χ2n) is 44.0. The first-order valence-corrected chi connectivity index (χ1v) is 63.9. The van der Waals surface area contributed by atoms with Crippen molar-refractivity contribution in [3.05, 3.63) is 107 Å². The average molecular weight is 1980 g/mol. The number of aliphatic hydroxyl groups is 1. The van der Waals surface area contributed by atoms with Gasteiger partial charge in [-0.1, -0.05) is 680 Å². The summed E-state index contributed by atoms with van der Waals surface area (Å²) in [5.74, 6) is 4.00. The monoisotopic (exact) mass is 1980 g/mol. The lowest BCUT2D eigenvalue weighted by molar-refractivity contribution is 0.103. The number of aliphatic hydroxyl groups excluding tert-OH is 1. The van der Waals surface area contributed by atoms with E-state index in [0.29, 0.717) is 79.5 Å². The van der Waals surface area contributed by atoms with Gasteiger partial charge in [-0.15, -0.1) is 0 Å². The van der Waals surface area contributed by atoms with E-state index >= 15 is 0 Å². The van der Waals surface area contributed by atoms with Gasteiger partial charge >= 0.3 is 0 Å². The van der Waals surface area contributed by atoms with E-state index < -0.39 is 6.10 Å². The van der Waals surface area contributed by atoms with Crippen LogP contribution in [-0.4, -0.2) is 50.5 Å². The fourth-order valence-electron chi connectivity index (χ4n) is 20.8. The quantitative estimate of drug-likeness (QED) is 0.0345. The molecule has 1 unspecified atom stereocenters. The van der Waals surface area contributed by atoms with Crippen molar-refractivity contribution in [1.82, 2.24) is 0 Å². The van der Waals surface area contributed by atoms with E-state index in [-0.39, 0.29) is 5.78 Å². The zero-order chi connectivity index (χ0) is 101. The normalized spacial score (nSPS) is 11.7. The summed E-state index contributed by atoms with van der Waals surface area (Å²) in [5, 5.41) is 11.8. The molecule has 0 aliphatic heterocycles. The Balaban J connectivity index is 0.000000730. The molecule has 8 nitrogen and oxygen atoms in total. The molecule has 0 radical (unpaired) electrons. The molecule has 0 aliphatic carbocycles. The number of benzene rings is 4. The van der Waals surface area contributed by atoms with Gasteiger partial charge in [-0.3, -0.25) is 4.79 Å². The number of ketones is 1. The lowest BCUT2D eigenvalue weighted by Gasteiger charge is -2.22. The van der Waals surface area contributed by atoms with E-state index in [4.69, 9.17) is 28.4 Å². The lowest BCUT2D eigenvalue weighted by Crippen LogP contribution is -2.11. The summed E-state index contributed by atoms with van der Waals surface area (Å²) in [4.78, 5) is 14.1. The van der Waals surface area contributed by atoms with Crippen LogP contribution in [0.3, 0.4) is 0 Å². The minimum absolute atomic E-state index is 0.0239. The minimum Gasteiger partial charge on any atom is -0.490 e. The molecule has 0 amide bonds. The lowest BCUT2D eigenvalue weighted by atomic mass is 10.00. The van der Waals surface area contributed by atoms with Gasteiger partial charge in [0.05, 0.1) is 45.2 Å². The van der Waals surface area contributed by atoms with Gasteiger partial charge < -0.3 is 33.5 Å². The second-order valence-corrected chi connectivity index (χ2v) is 44.0. The van der Waals surface area contributed by atoms with Gasteiger partial charge in [0.1, 0.15) is 6.10 Å². The molecule has 142 heavy (non-hydrogen) atoms. The molecule has 1 N–H and O–H groups in total. The number of carbonyl (C=O) groups excluding carboxylic acids is 1. The topological polar surface area (TPSA) is 92.7 Å². The van der Waals surface area contributed by atoms with E-state index in [1.54, 1.807) is 0 Å². The molecule has 4 aromatic carbocycles. The number of rotatable bonds is 112. The van der Waals surface area contributed by atoms with Gasteiger partial charge in [0.25, 0.3) is 0 Å². The van der Waals surface area contributed by atoms with Crippen molar-refractivity contribution in [1.29, 1.82) is 0 Å². The number of unbranched alkanes of at least 4 members (excludes halogenated alkanes) is 90. The molecule has 822 valence electrons. The van der Waals surface area contributed by atoms with Crippen LogP contribution in [0.2, 0.25) is 0 Å². The fourth-order valence-corrected chi connectivity index (χ4v) is 20.8. The summed E-state index contributed by atoms with van der Waals surface area (Å²) in [6, 6.07) is 27.6. The van der Waals surface area contributed by atoms with E-state index in [2.05, 4.69) is 41.5 Å². The largest absolute Gasteiger partial charge is 0.490 e. The third kappa shape index (κ3) is 79.4. The van der Waals surface area contributed by atoms with E-state index in [0.717, 1.165) is 68.2 Å². The zero-order valence-electron chi connectivity index (χ0n) is 95.6. The van der Waals surface area contributed by atoms with Crippen LogP contribution in [0, 0.1) is 0 Å². The van der Waals surface area contributed by atoms with Gasteiger partial charge in [0.2, 0.25) is 11.5 Å². The highest BCUT2D eigenvalue weighted by Gasteiger charge is 2.26. The molecular formula is C134H238O8. The Kier molecular flexibility index (Phi) is 98.3. The third-order valence-electron chi connectivity index (χ3n) is 30.4. The zero-order valence-corrected chi connectivity index (χ0v) is 95.6. The molecule has 0 aromatic heterocycles. The first-order chi connectivity index (χ1) is 70.4. The minimum atomic E-state index is -0.802. The molecule has 8 heteroatoms. The number of hydrogen-bond acceptors (Lipinski definition) is 8. The van der Waals surface area contributed by atoms with Crippen LogP contribution in [0.5, 0.6) is 34.5 Å². The van der Waals surface area contributed by atoms with Gasteiger partial charge in [-0.2, -0.15) is 0 Å². The highest BCUT2D eigenvalue weighted by atomic mass is 16.5. The number of hydrogen-bond donors (Lipinski definition) is 1. The van der Waals surface area contributed by atoms with Crippen LogP contribution in [0.1, 0.15) is 691 Å². The molecule has 0 fully saturated rings. The van der Waals surface area contributed by atoms with Crippen molar-refractivity contribution >= 4 is 5.78 Å². The molecule has 0 saturated heterocycles. The maximum atomic E-state index is 14.1. The summed E-state index contributed by atoms with van der Waals surface area (Å²) < 4.78 is 39.9. The molecule has 0 spiro atoms. The van der Waals surface area contributed by atoms with Crippen LogP contribution >= 0.6 is 0 Å². The fraction of sp³-hybridized carbons (Fsp3) is 0.813. The van der Waals surface area contributed by atoms with Gasteiger partial charge in [0, 0.05) is 11.1 Å². The van der Waals surface area contributed by atoms with E-state index in [9.17, 15) is 9.90 Å². The molecule has 0 saturated carbocycles. The molecule has 0 aliphatic rings. The van der Waals surface area contributed by atoms with Crippen molar-refractivity contribution in [2.45, 2.75) is 664 Å². The Hall–Kier alpha value is -4.69. The molecule has 0 bridgehead atoms. The Labute approximate surface area is 883 Å². The number of carbonyl (C=O) groups is 1. The van der Waals surface area contributed by atoms with E-state index in [1.807, 2.05) is 84.9 Å². The first-order valence-electron chi connectivity index (χ1n) is 63.9. The molecule has 4 rings (SSSR count). The van der Waals surface area contributed by atoms with Crippen molar-refractivity contribution < 1.29 is 38.3 Å². The maximum Gasteiger partial charge on any atom is 0.204 e. The summed E-state index contributed by atoms with van der Waals surface area (Å²) in [7, 11) is 0. The summed E-state index contributed by atoms with van der Waals surface area (Å²) in [5.41, 5.74) is 2.88. The van der Waals surface area contributed by atoms with Crippen LogP contribution < -0.4 is 28.4 Å². The van der Waals surface area contributed by atoms with Gasteiger partial charge in [-0.25, -0.2) is 0 Å². The summed E-state index contributed by atoms with van der Waals surface area (Å²) in [6.45, 7) is 17.6. The first kappa shape index (κ1) is 131. The molecular weight excluding hydrogens is 1740 g/mol. The molecule has 4 aromatic rings. The number of ether oxygens (including phenoxy) is 6. The molecule has 1 atom stereocenters. The molecule has 0 heterocycles. The highest BCUT2D eigenvalue weighted by molar-refractivity contribution is 6.11. The van der Waals surface area contributed by atoms with Gasteiger partial charge in [-0.05, 0) is 68.4 Å². The SMILES string of the molecule is CCCCCCCCCCCCCCCCCCOc1ccc(C(=O)c2ccccc2)c(OCCCCCCCCCCCCCCCCCC)c1OCCCCCCCCCCCCCCCCCC.CCCCCCCCCCCCCCCCCCOc1ccc(C(O)c2ccccc2)c(OCCCCCCCCCCCCCCCCCC)c1OCCCCCCCCCCCCCCCCCC.